The van der Waals surface area contributed by atoms with Crippen LogP contribution in [-0.2, 0) is 6.42 Å². The normalized spacial score (nSPS) is 12.7. The van der Waals surface area contributed by atoms with Crippen LogP contribution in [0.3, 0.4) is 0 Å². The first-order valence-electron chi connectivity index (χ1n) is 5.98. The van der Waals surface area contributed by atoms with Gasteiger partial charge in [-0.3, -0.25) is 0 Å². The summed E-state index contributed by atoms with van der Waals surface area (Å²) in [5, 5.41) is 3.88. The van der Waals surface area contributed by atoms with E-state index >= 15 is 0 Å². The molecule has 0 spiro atoms. The Morgan fingerprint density at radius 1 is 1.47 bits per heavy atom. The van der Waals surface area contributed by atoms with E-state index in [4.69, 9.17) is 17.3 Å². The van der Waals surface area contributed by atoms with E-state index in [9.17, 15) is 4.39 Å². The Hall–Kier alpha value is -0.640. The van der Waals surface area contributed by atoms with Crippen molar-refractivity contribution in [2.45, 2.75) is 19.8 Å². The molecule has 0 saturated heterocycles. The molecule has 0 aliphatic carbocycles. The molecule has 1 rings (SSSR count). The van der Waals surface area contributed by atoms with Crippen molar-refractivity contribution in [3.63, 3.8) is 0 Å². The molecule has 1 unspecified atom stereocenters. The number of nitrogens with two attached hydrogens (primary N) is 1. The topological polar surface area (TPSA) is 38.0 Å². The van der Waals surface area contributed by atoms with Gasteiger partial charge in [-0.25, -0.2) is 4.39 Å². The maximum atomic E-state index is 13.4. The zero-order chi connectivity index (χ0) is 12.7. The van der Waals surface area contributed by atoms with Gasteiger partial charge in [0.1, 0.15) is 5.82 Å². The number of hydrogen-bond acceptors (Lipinski definition) is 2. The predicted molar refractivity (Wildman–Crippen MR) is 70.8 cm³/mol. The van der Waals surface area contributed by atoms with Crippen molar-refractivity contribution in [1.82, 2.24) is 5.32 Å². The number of rotatable bonds is 7. The lowest BCUT2D eigenvalue weighted by atomic mass is 10.1. The Morgan fingerprint density at radius 3 is 2.94 bits per heavy atom. The summed E-state index contributed by atoms with van der Waals surface area (Å²) in [5.74, 6) is 0.371. The molecule has 0 aliphatic rings. The predicted octanol–water partition coefficient (Wildman–Crippen LogP) is 2.60. The van der Waals surface area contributed by atoms with E-state index in [-0.39, 0.29) is 5.82 Å². The van der Waals surface area contributed by atoms with Crippen molar-refractivity contribution in [2.75, 3.05) is 19.6 Å². The molecule has 1 aromatic carbocycles. The van der Waals surface area contributed by atoms with Crippen molar-refractivity contribution in [3.8, 4) is 0 Å². The lowest BCUT2D eigenvalue weighted by molar-refractivity contribution is 0.487. The van der Waals surface area contributed by atoms with Crippen molar-refractivity contribution in [3.05, 3.63) is 34.6 Å². The van der Waals surface area contributed by atoms with Crippen LogP contribution in [0.5, 0.6) is 0 Å². The van der Waals surface area contributed by atoms with E-state index in [0.29, 0.717) is 29.5 Å². The quantitative estimate of drug-likeness (QED) is 0.738. The van der Waals surface area contributed by atoms with Gasteiger partial charge in [0.25, 0.3) is 0 Å². The average Bonchev–Trinajstić information content (AvgIpc) is 2.29. The Labute approximate surface area is 107 Å². The molecule has 2 nitrogen and oxygen atoms in total. The van der Waals surface area contributed by atoms with Crippen LogP contribution in [0.15, 0.2) is 18.2 Å². The highest BCUT2D eigenvalue weighted by molar-refractivity contribution is 6.30. The van der Waals surface area contributed by atoms with Crippen LogP contribution in [0.1, 0.15) is 18.9 Å². The molecule has 0 saturated carbocycles. The number of hydrogen-bond donors (Lipinski definition) is 2. The third-order valence-corrected chi connectivity index (χ3v) is 2.97. The van der Waals surface area contributed by atoms with Gasteiger partial charge >= 0.3 is 0 Å². The van der Waals surface area contributed by atoms with Crippen LogP contribution in [0, 0.1) is 11.7 Å². The molecular weight excluding hydrogens is 239 g/mol. The highest BCUT2D eigenvalue weighted by atomic mass is 35.5. The summed E-state index contributed by atoms with van der Waals surface area (Å²) in [7, 11) is 0. The minimum absolute atomic E-state index is 0.189. The monoisotopic (exact) mass is 258 g/mol. The second kappa shape index (κ2) is 7.64. The molecule has 3 N–H and O–H groups in total. The lowest BCUT2D eigenvalue weighted by Crippen LogP contribution is -2.25. The third-order valence-electron chi connectivity index (χ3n) is 2.73. The molecule has 0 aromatic heterocycles. The Kier molecular flexibility index (Phi) is 6.48. The van der Waals surface area contributed by atoms with Gasteiger partial charge in [0.15, 0.2) is 0 Å². The SMILES string of the molecule is CC(CCN)CNCCc1cc(Cl)ccc1F. The average molecular weight is 259 g/mol. The minimum atomic E-state index is -0.189. The molecule has 0 amide bonds. The van der Waals surface area contributed by atoms with Crippen LogP contribution < -0.4 is 11.1 Å². The zero-order valence-electron chi connectivity index (χ0n) is 10.2. The van der Waals surface area contributed by atoms with E-state index in [2.05, 4.69) is 12.2 Å². The molecule has 0 radical (unpaired) electrons. The van der Waals surface area contributed by atoms with Crippen LogP contribution in [0.4, 0.5) is 4.39 Å². The molecule has 17 heavy (non-hydrogen) atoms. The molecule has 4 heteroatoms. The fourth-order valence-corrected chi connectivity index (χ4v) is 1.89. The Balaban J connectivity index is 2.28. The van der Waals surface area contributed by atoms with Crippen molar-refractivity contribution in [1.29, 1.82) is 0 Å². The summed E-state index contributed by atoms with van der Waals surface area (Å²) in [6.45, 7) is 4.54. The van der Waals surface area contributed by atoms with Crippen LogP contribution >= 0.6 is 11.6 Å². The summed E-state index contributed by atoms with van der Waals surface area (Å²) in [5.41, 5.74) is 6.13. The highest BCUT2D eigenvalue weighted by Gasteiger charge is 2.03. The van der Waals surface area contributed by atoms with Gasteiger partial charge in [-0.1, -0.05) is 18.5 Å². The summed E-state index contributed by atoms with van der Waals surface area (Å²) in [4.78, 5) is 0. The number of halogens is 2. The van der Waals surface area contributed by atoms with E-state index in [0.717, 1.165) is 19.5 Å². The van der Waals surface area contributed by atoms with Gasteiger partial charge in [-0.15, -0.1) is 0 Å². The highest BCUT2D eigenvalue weighted by Crippen LogP contribution is 2.14. The molecule has 0 bridgehead atoms. The van der Waals surface area contributed by atoms with E-state index in [1.807, 2.05) is 0 Å². The summed E-state index contributed by atoms with van der Waals surface area (Å²) in [6.07, 6.45) is 1.67. The number of benzene rings is 1. The van der Waals surface area contributed by atoms with Gasteiger partial charge in [0.05, 0.1) is 0 Å². The smallest absolute Gasteiger partial charge is 0.126 e. The first-order valence-corrected chi connectivity index (χ1v) is 6.36. The fourth-order valence-electron chi connectivity index (χ4n) is 1.69. The molecule has 0 fully saturated rings. The largest absolute Gasteiger partial charge is 0.330 e. The Bertz CT molecular complexity index is 344. The summed E-state index contributed by atoms with van der Waals surface area (Å²) in [6, 6.07) is 4.66. The summed E-state index contributed by atoms with van der Waals surface area (Å²) < 4.78 is 13.4. The number of nitrogens with one attached hydrogen (secondary N) is 1. The van der Waals surface area contributed by atoms with Gasteiger partial charge in [-0.05, 0) is 62.2 Å². The molecule has 0 heterocycles. The first-order chi connectivity index (χ1) is 8.13. The molecular formula is C13H20ClFN2. The molecule has 1 aromatic rings. The van der Waals surface area contributed by atoms with Crippen molar-refractivity contribution >= 4 is 11.6 Å². The van der Waals surface area contributed by atoms with Gasteiger partial charge in [0, 0.05) is 5.02 Å². The fraction of sp³-hybridized carbons (Fsp3) is 0.538. The minimum Gasteiger partial charge on any atom is -0.330 e. The van der Waals surface area contributed by atoms with E-state index < -0.39 is 0 Å². The second-order valence-electron chi connectivity index (χ2n) is 4.37. The van der Waals surface area contributed by atoms with Crippen LogP contribution in [-0.4, -0.2) is 19.6 Å². The van der Waals surface area contributed by atoms with E-state index in [1.54, 1.807) is 12.1 Å². The van der Waals surface area contributed by atoms with Gasteiger partial charge in [0.2, 0.25) is 0 Å². The maximum absolute atomic E-state index is 13.4. The maximum Gasteiger partial charge on any atom is 0.126 e. The van der Waals surface area contributed by atoms with E-state index in [1.165, 1.54) is 6.07 Å². The van der Waals surface area contributed by atoms with Crippen LogP contribution in [0.25, 0.3) is 0 Å². The first kappa shape index (κ1) is 14.4. The van der Waals surface area contributed by atoms with Gasteiger partial charge < -0.3 is 11.1 Å². The second-order valence-corrected chi connectivity index (χ2v) is 4.81. The zero-order valence-corrected chi connectivity index (χ0v) is 10.9. The standard InChI is InChI=1S/C13H20ClFN2/c1-10(4-6-16)9-17-7-5-11-8-12(14)2-3-13(11)15/h2-3,8,10,17H,4-7,9,16H2,1H3. The molecule has 96 valence electrons. The van der Waals surface area contributed by atoms with Gasteiger partial charge in [-0.2, -0.15) is 0 Å². The molecule has 1 atom stereocenters. The Morgan fingerprint density at radius 2 is 2.24 bits per heavy atom. The van der Waals surface area contributed by atoms with Crippen LogP contribution in [0.2, 0.25) is 5.02 Å². The van der Waals surface area contributed by atoms with Crippen molar-refractivity contribution < 1.29 is 4.39 Å². The van der Waals surface area contributed by atoms with Crippen molar-refractivity contribution in [2.24, 2.45) is 11.7 Å². The molecule has 0 aliphatic heterocycles. The third kappa shape index (κ3) is 5.48. The summed E-state index contributed by atoms with van der Waals surface area (Å²) >= 11 is 5.82. The lowest BCUT2D eigenvalue weighted by Gasteiger charge is -2.11.